The molecule has 1 aliphatic rings. The third-order valence-corrected chi connectivity index (χ3v) is 5.20. The molecule has 4 nitrogen and oxygen atoms in total. The van der Waals surface area contributed by atoms with E-state index in [0.29, 0.717) is 33.0 Å². The summed E-state index contributed by atoms with van der Waals surface area (Å²) in [5, 5.41) is 0. The highest BCUT2D eigenvalue weighted by molar-refractivity contribution is 5.15. The number of hydrogen-bond acceptors (Lipinski definition) is 4. The van der Waals surface area contributed by atoms with E-state index in [-0.39, 0.29) is 18.3 Å². The minimum atomic E-state index is -0.202. The lowest BCUT2D eigenvalue weighted by atomic mass is 10.1. The SMILES string of the molecule is c1ccc(COC2COC[C@@H](OCc3ccccc3)C2OCc2ccccc2)cc1. The fourth-order valence-electron chi connectivity index (χ4n) is 3.55. The molecule has 0 amide bonds. The van der Waals surface area contributed by atoms with E-state index in [2.05, 4.69) is 36.4 Å². The van der Waals surface area contributed by atoms with Crippen LogP contribution in [-0.2, 0) is 38.8 Å². The third-order valence-electron chi connectivity index (χ3n) is 5.20. The van der Waals surface area contributed by atoms with Gasteiger partial charge in [0.15, 0.2) is 0 Å². The first-order chi connectivity index (χ1) is 14.9. The third kappa shape index (κ3) is 6.00. The lowest BCUT2D eigenvalue weighted by molar-refractivity contribution is -0.211. The summed E-state index contributed by atoms with van der Waals surface area (Å²) in [6.07, 6.45) is -0.585. The lowest BCUT2D eigenvalue weighted by Gasteiger charge is -2.37. The molecule has 1 fully saturated rings. The van der Waals surface area contributed by atoms with E-state index in [1.807, 2.05) is 54.6 Å². The number of benzene rings is 3. The van der Waals surface area contributed by atoms with E-state index in [1.165, 1.54) is 0 Å². The number of rotatable bonds is 9. The summed E-state index contributed by atoms with van der Waals surface area (Å²) in [6.45, 7) is 2.55. The molecule has 30 heavy (non-hydrogen) atoms. The normalized spacial score (nSPS) is 21.4. The smallest absolute Gasteiger partial charge is 0.115 e. The Morgan fingerprint density at radius 2 is 0.900 bits per heavy atom. The van der Waals surface area contributed by atoms with Crippen molar-refractivity contribution in [3.8, 4) is 0 Å². The van der Waals surface area contributed by atoms with E-state index in [0.717, 1.165) is 16.7 Å². The van der Waals surface area contributed by atoms with Gasteiger partial charge in [0.2, 0.25) is 0 Å². The van der Waals surface area contributed by atoms with Crippen molar-refractivity contribution in [3.63, 3.8) is 0 Å². The highest BCUT2D eigenvalue weighted by Gasteiger charge is 2.36. The van der Waals surface area contributed by atoms with Crippen LogP contribution in [0.1, 0.15) is 16.7 Å². The maximum Gasteiger partial charge on any atom is 0.115 e. The van der Waals surface area contributed by atoms with Crippen molar-refractivity contribution in [2.45, 2.75) is 38.1 Å². The molecule has 1 saturated heterocycles. The molecule has 1 heterocycles. The molecule has 4 rings (SSSR count). The van der Waals surface area contributed by atoms with Crippen molar-refractivity contribution in [3.05, 3.63) is 108 Å². The molecule has 3 aromatic carbocycles. The summed E-state index contributed by atoms with van der Waals surface area (Å²) in [7, 11) is 0. The minimum absolute atomic E-state index is 0.191. The van der Waals surface area contributed by atoms with E-state index >= 15 is 0 Å². The molecule has 2 unspecified atom stereocenters. The van der Waals surface area contributed by atoms with Crippen LogP contribution in [0.3, 0.4) is 0 Å². The predicted molar refractivity (Wildman–Crippen MR) is 116 cm³/mol. The van der Waals surface area contributed by atoms with Gasteiger partial charge in [0.05, 0.1) is 33.0 Å². The van der Waals surface area contributed by atoms with Crippen LogP contribution in [0.4, 0.5) is 0 Å². The first-order valence-corrected chi connectivity index (χ1v) is 10.4. The van der Waals surface area contributed by atoms with Gasteiger partial charge in [0.1, 0.15) is 18.3 Å². The van der Waals surface area contributed by atoms with Crippen molar-refractivity contribution in [2.75, 3.05) is 13.2 Å². The molecule has 1 aliphatic heterocycles. The Morgan fingerprint density at radius 1 is 0.533 bits per heavy atom. The molecule has 0 aliphatic carbocycles. The summed E-state index contributed by atoms with van der Waals surface area (Å²) in [5.41, 5.74) is 3.39. The van der Waals surface area contributed by atoms with Crippen LogP contribution in [0.2, 0.25) is 0 Å². The zero-order valence-corrected chi connectivity index (χ0v) is 17.1. The van der Waals surface area contributed by atoms with Crippen molar-refractivity contribution in [1.29, 1.82) is 0 Å². The van der Waals surface area contributed by atoms with Gasteiger partial charge in [0.25, 0.3) is 0 Å². The quantitative estimate of drug-likeness (QED) is 0.515. The standard InChI is InChI=1S/C26H28O4/c1-4-10-21(11-5-1)16-28-24-19-27-20-25(29-17-22-12-6-2-7-13-22)26(24)30-18-23-14-8-3-9-15-23/h1-15,24-26H,16-20H2/t24-,25?,26?/m1/s1. The maximum atomic E-state index is 6.34. The van der Waals surface area contributed by atoms with Crippen LogP contribution in [0, 0.1) is 0 Å². The summed E-state index contributed by atoms with van der Waals surface area (Å²) < 4.78 is 24.6. The molecule has 0 aromatic heterocycles. The van der Waals surface area contributed by atoms with Gasteiger partial charge in [-0.25, -0.2) is 0 Å². The zero-order valence-electron chi connectivity index (χ0n) is 17.1. The van der Waals surface area contributed by atoms with Crippen molar-refractivity contribution in [1.82, 2.24) is 0 Å². The van der Waals surface area contributed by atoms with Gasteiger partial charge in [-0.1, -0.05) is 91.0 Å². The molecule has 0 N–H and O–H groups in total. The van der Waals surface area contributed by atoms with Crippen molar-refractivity contribution in [2.24, 2.45) is 0 Å². The molecule has 3 atom stereocenters. The fraction of sp³-hybridized carbons (Fsp3) is 0.308. The van der Waals surface area contributed by atoms with Crippen molar-refractivity contribution < 1.29 is 18.9 Å². The first-order valence-electron chi connectivity index (χ1n) is 10.4. The van der Waals surface area contributed by atoms with E-state index in [4.69, 9.17) is 18.9 Å². The molecule has 156 valence electrons. The second-order valence-corrected chi connectivity index (χ2v) is 7.47. The second kappa shape index (κ2) is 11.0. The van der Waals surface area contributed by atoms with Crippen LogP contribution in [0.5, 0.6) is 0 Å². The molecule has 4 heteroatoms. The average molecular weight is 405 g/mol. The van der Waals surface area contributed by atoms with Gasteiger partial charge >= 0.3 is 0 Å². The summed E-state index contributed by atoms with van der Waals surface area (Å²) in [6, 6.07) is 30.5. The van der Waals surface area contributed by atoms with Crippen molar-refractivity contribution >= 4 is 0 Å². The first kappa shape index (κ1) is 20.8. The molecule has 0 bridgehead atoms. The number of hydrogen-bond donors (Lipinski definition) is 0. The Kier molecular flexibility index (Phi) is 7.64. The van der Waals surface area contributed by atoms with E-state index < -0.39 is 0 Å². The molecular weight excluding hydrogens is 376 g/mol. The topological polar surface area (TPSA) is 36.9 Å². The molecule has 3 aromatic rings. The van der Waals surface area contributed by atoms with Gasteiger partial charge in [-0.3, -0.25) is 0 Å². The van der Waals surface area contributed by atoms with Crippen LogP contribution in [0.15, 0.2) is 91.0 Å². The Hall–Kier alpha value is -2.50. The average Bonchev–Trinajstić information content (AvgIpc) is 2.82. The number of ether oxygens (including phenoxy) is 4. The Bertz CT molecular complexity index is 802. The van der Waals surface area contributed by atoms with Gasteiger partial charge < -0.3 is 18.9 Å². The largest absolute Gasteiger partial charge is 0.376 e. The fourth-order valence-corrected chi connectivity index (χ4v) is 3.55. The highest BCUT2D eigenvalue weighted by atomic mass is 16.6. The zero-order chi connectivity index (χ0) is 20.4. The Labute approximate surface area is 178 Å². The summed E-state index contributed by atoms with van der Waals surface area (Å²) in [5.74, 6) is 0. The monoisotopic (exact) mass is 404 g/mol. The van der Waals surface area contributed by atoms with Crippen LogP contribution in [-0.4, -0.2) is 31.5 Å². The highest BCUT2D eigenvalue weighted by Crippen LogP contribution is 2.22. The minimum Gasteiger partial charge on any atom is -0.376 e. The van der Waals surface area contributed by atoms with Crippen LogP contribution < -0.4 is 0 Å². The Morgan fingerprint density at radius 3 is 1.30 bits per heavy atom. The van der Waals surface area contributed by atoms with Gasteiger partial charge in [-0.05, 0) is 16.7 Å². The molecule has 0 radical (unpaired) electrons. The summed E-state index contributed by atoms with van der Waals surface area (Å²) >= 11 is 0. The van der Waals surface area contributed by atoms with E-state index in [1.54, 1.807) is 0 Å². The van der Waals surface area contributed by atoms with Crippen LogP contribution >= 0.6 is 0 Å². The van der Waals surface area contributed by atoms with Gasteiger partial charge in [-0.15, -0.1) is 0 Å². The molecular formula is C26H28O4. The Balaban J connectivity index is 1.42. The predicted octanol–water partition coefficient (Wildman–Crippen LogP) is 4.77. The summed E-state index contributed by atoms with van der Waals surface area (Å²) in [4.78, 5) is 0. The van der Waals surface area contributed by atoms with Gasteiger partial charge in [-0.2, -0.15) is 0 Å². The van der Waals surface area contributed by atoms with Crippen LogP contribution in [0.25, 0.3) is 0 Å². The lowest BCUT2D eigenvalue weighted by Crippen LogP contribution is -2.51. The molecule has 0 saturated carbocycles. The maximum absolute atomic E-state index is 6.34. The van der Waals surface area contributed by atoms with E-state index in [9.17, 15) is 0 Å². The molecule has 0 spiro atoms. The van der Waals surface area contributed by atoms with Gasteiger partial charge in [0, 0.05) is 0 Å². The second-order valence-electron chi connectivity index (χ2n) is 7.47.